The average Bonchev–Trinajstić information content (AvgIpc) is 3.15. The van der Waals surface area contributed by atoms with Gasteiger partial charge in [0, 0.05) is 35.8 Å². The maximum atomic E-state index is 13.4. The first-order chi connectivity index (χ1) is 15.4. The molecule has 1 amide bonds. The van der Waals surface area contributed by atoms with E-state index in [2.05, 4.69) is 30.4 Å². The van der Waals surface area contributed by atoms with Crippen molar-refractivity contribution in [2.75, 3.05) is 13.7 Å². The standard InChI is InChI=1S/C26H28N4O2/c1-7-18-15-20(8-10-22(18)27-4)26(31)30-13-12-21-24(17(30)3)28-29(5)25(21)19-9-11-23(32-6)16(2)14-19/h7-11,14-15,17H,1,4,12-13H2,2-3,5-6H3/t17-/m0/s1. The van der Waals surface area contributed by atoms with Crippen molar-refractivity contribution in [3.8, 4) is 17.0 Å². The molecule has 0 bridgehead atoms. The van der Waals surface area contributed by atoms with E-state index in [-0.39, 0.29) is 11.9 Å². The zero-order valence-electron chi connectivity index (χ0n) is 19.1. The molecule has 0 saturated heterocycles. The lowest BCUT2D eigenvalue weighted by atomic mass is 9.94. The highest BCUT2D eigenvalue weighted by molar-refractivity contribution is 5.96. The number of nitrogens with zero attached hydrogens (tertiary/aromatic N) is 4. The Hall–Kier alpha value is -3.67. The lowest BCUT2D eigenvalue weighted by Gasteiger charge is -2.33. The summed E-state index contributed by atoms with van der Waals surface area (Å²) < 4.78 is 7.34. The number of carbonyl (C=O) groups is 1. The SMILES string of the molecule is C=Cc1cc(C(=O)N2CCc3c(nn(C)c3-c3ccc(OC)c(C)c3)[C@@H]2C)ccc1N=C. The number of amides is 1. The summed E-state index contributed by atoms with van der Waals surface area (Å²) in [6.45, 7) is 12.1. The number of fused-ring (bicyclic) bond motifs is 1. The molecule has 6 nitrogen and oxygen atoms in total. The molecule has 1 aromatic heterocycles. The number of aliphatic imine (C=N–C) groups is 1. The van der Waals surface area contributed by atoms with Gasteiger partial charge < -0.3 is 9.64 Å². The van der Waals surface area contributed by atoms with Crippen molar-refractivity contribution >= 4 is 24.4 Å². The smallest absolute Gasteiger partial charge is 0.254 e. The molecule has 4 rings (SSSR count). The van der Waals surface area contributed by atoms with Crippen LogP contribution in [0.25, 0.3) is 17.3 Å². The van der Waals surface area contributed by atoms with Gasteiger partial charge in [-0.25, -0.2) is 0 Å². The molecule has 3 aromatic rings. The molecule has 0 unspecified atom stereocenters. The molecule has 2 heterocycles. The lowest BCUT2D eigenvalue weighted by Crippen LogP contribution is -2.38. The van der Waals surface area contributed by atoms with Crippen LogP contribution < -0.4 is 4.74 Å². The van der Waals surface area contributed by atoms with Crippen molar-refractivity contribution in [2.45, 2.75) is 26.3 Å². The highest BCUT2D eigenvalue weighted by atomic mass is 16.5. The molecule has 1 aliphatic rings. The molecular formula is C26H28N4O2. The van der Waals surface area contributed by atoms with Crippen LogP contribution >= 0.6 is 0 Å². The van der Waals surface area contributed by atoms with Gasteiger partial charge >= 0.3 is 0 Å². The second-order valence-corrected chi connectivity index (χ2v) is 8.08. The van der Waals surface area contributed by atoms with Crippen LogP contribution in [0.4, 0.5) is 5.69 Å². The number of methoxy groups -OCH3 is 1. The Bertz CT molecular complexity index is 1220. The van der Waals surface area contributed by atoms with Gasteiger partial charge in [0.25, 0.3) is 5.91 Å². The van der Waals surface area contributed by atoms with E-state index in [0.717, 1.165) is 45.9 Å². The molecule has 0 radical (unpaired) electrons. The molecule has 6 heteroatoms. The monoisotopic (exact) mass is 428 g/mol. The van der Waals surface area contributed by atoms with E-state index in [9.17, 15) is 4.79 Å². The van der Waals surface area contributed by atoms with E-state index in [1.165, 1.54) is 5.56 Å². The maximum Gasteiger partial charge on any atom is 0.254 e. The third kappa shape index (κ3) is 3.51. The Kier molecular flexibility index (Phi) is 5.70. The van der Waals surface area contributed by atoms with Crippen LogP contribution in [-0.2, 0) is 13.5 Å². The van der Waals surface area contributed by atoms with E-state index in [1.54, 1.807) is 19.3 Å². The quantitative estimate of drug-likeness (QED) is 0.529. The zero-order valence-corrected chi connectivity index (χ0v) is 19.1. The van der Waals surface area contributed by atoms with E-state index >= 15 is 0 Å². The van der Waals surface area contributed by atoms with Gasteiger partial charge in [-0.15, -0.1) is 0 Å². The van der Waals surface area contributed by atoms with Gasteiger partial charge in [0.05, 0.1) is 30.2 Å². The second-order valence-electron chi connectivity index (χ2n) is 8.08. The molecule has 1 atom stereocenters. The number of rotatable bonds is 5. The highest BCUT2D eigenvalue weighted by Crippen LogP contribution is 2.37. The van der Waals surface area contributed by atoms with Gasteiger partial charge in [0.2, 0.25) is 0 Å². The normalized spacial score (nSPS) is 15.2. The fourth-order valence-electron chi connectivity index (χ4n) is 4.57. The summed E-state index contributed by atoms with van der Waals surface area (Å²) in [6, 6.07) is 11.5. The van der Waals surface area contributed by atoms with Crippen LogP contribution in [0.1, 0.15) is 45.7 Å². The predicted molar refractivity (Wildman–Crippen MR) is 129 cm³/mol. The molecule has 1 aliphatic heterocycles. The number of benzene rings is 2. The summed E-state index contributed by atoms with van der Waals surface area (Å²) in [5.41, 5.74) is 7.56. The van der Waals surface area contributed by atoms with Gasteiger partial charge in [0.1, 0.15) is 5.75 Å². The third-order valence-electron chi connectivity index (χ3n) is 6.24. The molecule has 0 spiro atoms. The van der Waals surface area contributed by atoms with Crippen molar-refractivity contribution in [3.05, 3.63) is 70.9 Å². The Labute approximate surface area is 188 Å². The highest BCUT2D eigenvalue weighted by Gasteiger charge is 2.33. The van der Waals surface area contributed by atoms with Crippen LogP contribution in [-0.4, -0.2) is 41.0 Å². The number of carbonyl (C=O) groups excluding carboxylic acids is 1. The fraction of sp³-hybridized carbons (Fsp3) is 0.269. The number of ether oxygens (including phenoxy) is 1. The van der Waals surface area contributed by atoms with E-state index in [1.807, 2.05) is 48.7 Å². The second kappa shape index (κ2) is 8.46. The van der Waals surface area contributed by atoms with Crippen LogP contribution in [0.3, 0.4) is 0 Å². The zero-order chi connectivity index (χ0) is 23.0. The number of aryl methyl sites for hydroxylation is 2. The van der Waals surface area contributed by atoms with Crippen molar-refractivity contribution in [3.63, 3.8) is 0 Å². The largest absolute Gasteiger partial charge is 0.496 e. The minimum absolute atomic E-state index is 0.0191. The number of hydrogen-bond donors (Lipinski definition) is 0. The topological polar surface area (TPSA) is 59.7 Å². The lowest BCUT2D eigenvalue weighted by molar-refractivity contribution is 0.0673. The Morgan fingerprint density at radius 1 is 1.28 bits per heavy atom. The molecule has 0 N–H and O–H groups in total. The van der Waals surface area contributed by atoms with Gasteiger partial charge in [0.15, 0.2) is 0 Å². The Morgan fingerprint density at radius 2 is 2.06 bits per heavy atom. The molecular weight excluding hydrogens is 400 g/mol. The van der Waals surface area contributed by atoms with Gasteiger partial charge in [-0.2, -0.15) is 5.10 Å². The first kappa shape index (κ1) is 21.6. The summed E-state index contributed by atoms with van der Waals surface area (Å²) in [5.74, 6) is 0.848. The average molecular weight is 429 g/mol. The molecule has 0 fully saturated rings. The predicted octanol–water partition coefficient (Wildman–Crippen LogP) is 5.14. The number of aromatic nitrogens is 2. The first-order valence-corrected chi connectivity index (χ1v) is 10.6. The fourth-order valence-corrected chi connectivity index (χ4v) is 4.57. The van der Waals surface area contributed by atoms with Crippen molar-refractivity contribution in [2.24, 2.45) is 12.0 Å². The molecule has 2 aromatic carbocycles. The number of hydrogen-bond acceptors (Lipinski definition) is 4. The molecule has 32 heavy (non-hydrogen) atoms. The summed E-state index contributed by atoms with van der Waals surface area (Å²) in [4.78, 5) is 19.2. The van der Waals surface area contributed by atoms with Crippen molar-refractivity contribution in [1.29, 1.82) is 0 Å². The van der Waals surface area contributed by atoms with Crippen molar-refractivity contribution < 1.29 is 9.53 Å². The summed E-state index contributed by atoms with van der Waals surface area (Å²) >= 11 is 0. The van der Waals surface area contributed by atoms with Gasteiger partial charge in [-0.1, -0.05) is 12.7 Å². The maximum absolute atomic E-state index is 13.4. The summed E-state index contributed by atoms with van der Waals surface area (Å²) in [5, 5.41) is 4.82. The first-order valence-electron chi connectivity index (χ1n) is 10.6. The molecule has 0 aliphatic carbocycles. The Morgan fingerprint density at radius 3 is 2.72 bits per heavy atom. The van der Waals surface area contributed by atoms with Crippen LogP contribution in [0.5, 0.6) is 5.75 Å². The van der Waals surface area contributed by atoms with E-state index in [4.69, 9.17) is 9.84 Å². The minimum atomic E-state index is -0.130. The third-order valence-corrected chi connectivity index (χ3v) is 6.24. The van der Waals surface area contributed by atoms with Crippen LogP contribution in [0, 0.1) is 6.92 Å². The summed E-state index contributed by atoms with van der Waals surface area (Å²) in [7, 11) is 3.64. The Balaban J connectivity index is 1.68. The molecule has 164 valence electrons. The minimum Gasteiger partial charge on any atom is -0.496 e. The van der Waals surface area contributed by atoms with Crippen LogP contribution in [0.15, 0.2) is 48.0 Å². The summed E-state index contributed by atoms with van der Waals surface area (Å²) in [6.07, 6.45) is 2.45. The molecule has 0 saturated carbocycles. The van der Waals surface area contributed by atoms with Gasteiger partial charge in [-0.3, -0.25) is 14.5 Å². The van der Waals surface area contributed by atoms with E-state index < -0.39 is 0 Å². The van der Waals surface area contributed by atoms with Crippen molar-refractivity contribution in [1.82, 2.24) is 14.7 Å². The van der Waals surface area contributed by atoms with Crippen LogP contribution in [0.2, 0.25) is 0 Å². The van der Waals surface area contributed by atoms with E-state index in [0.29, 0.717) is 12.1 Å². The van der Waals surface area contributed by atoms with Gasteiger partial charge in [-0.05, 0) is 68.9 Å².